The molecule has 2 aromatic carbocycles. The number of hydrogen-bond donors (Lipinski definition) is 1. The van der Waals surface area contributed by atoms with Crippen LogP contribution in [0.4, 0.5) is 5.69 Å². The number of amides is 1. The van der Waals surface area contributed by atoms with Gasteiger partial charge in [0.2, 0.25) is 0 Å². The van der Waals surface area contributed by atoms with Crippen molar-refractivity contribution in [3.05, 3.63) is 53.6 Å². The molecule has 130 valence electrons. The molecule has 0 aliphatic rings. The number of benzene rings is 2. The molecular weight excluding hydrogens is 340 g/mol. The summed E-state index contributed by atoms with van der Waals surface area (Å²) in [5, 5.41) is 11.0. The lowest BCUT2D eigenvalue weighted by Crippen LogP contribution is -2.21. The van der Waals surface area contributed by atoms with Crippen LogP contribution in [0.3, 0.4) is 0 Å². The van der Waals surface area contributed by atoms with E-state index in [2.05, 4.69) is 5.32 Å². The highest BCUT2D eigenvalue weighted by atomic mass is 32.2. The Hall–Kier alpha value is -2.85. The normalized spacial score (nSPS) is 11.0. The number of methoxy groups -OCH3 is 1. The van der Waals surface area contributed by atoms with Crippen LogP contribution in [0, 0.1) is 11.3 Å². The van der Waals surface area contributed by atoms with Gasteiger partial charge in [0, 0.05) is 0 Å². The summed E-state index contributed by atoms with van der Waals surface area (Å²) in [6, 6.07) is 12.6. The number of nitriles is 1. The first kappa shape index (κ1) is 18.5. The highest BCUT2D eigenvalue weighted by Gasteiger charge is 2.25. The Balaban J connectivity index is 2.46. The van der Waals surface area contributed by atoms with E-state index in [0.29, 0.717) is 17.0 Å². The molecule has 1 N–H and O–H groups in total. The number of carbonyl (C=O) groups is 1. The molecule has 0 spiro atoms. The average Bonchev–Trinajstić information content (AvgIpc) is 2.61. The van der Waals surface area contributed by atoms with Gasteiger partial charge in [-0.05, 0) is 44.2 Å². The number of ether oxygens (including phenoxy) is 1. The maximum atomic E-state index is 12.7. The fourth-order valence-electron chi connectivity index (χ4n) is 2.22. The Kier molecular flexibility index (Phi) is 5.45. The third-order valence-electron chi connectivity index (χ3n) is 3.64. The second kappa shape index (κ2) is 7.36. The molecule has 0 bridgehead atoms. The summed E-state index contributed by atoms with van der Waals surface area (Å²) in [5.74, 6) is -0.218. The fraction of sp³-hybridized carbons (Fsp3) is 0.222. The van der Waals surface area contributed by atoms with Crippen molar-refractivity contribution in [2.45, 2.75) is 24.0 Å². The number of anilines is 1. The molecule has 0 radical (unpaired) electrons. The third-order valence-corrected chi connectivity index (χ3v) is 5.85. The summed E-state index contributed by atoms with van der Waals surface area (Å²) in [6.45, 7) is 3.12. The predicted molar refractivity (Wildman–Crippen MR) is 94.4 cm³/mol. The lowest BCUT2D eigenvalue weighted by Gasteiger charge is -2.14. The summed E-state index contributed by atoms with van der Waals surface area (Å²) < 4.78 is 30.1. The number of nitrogens with one attached hydrogen (secondary N) is 1. The third kappa shape index (κ3) is 3.80. The number of sulfone groups is 1. The first-order chi connectivity index (χ1) is 11.8. The van der Waals surface area contributed by atoms with Gasteiger partial charge in [-0.25, -0.2) is 8.42 Å². The van der Waals surface area contributed by atoms with Crippen LogP contribution in [0.1, 0.15) is 29.8 Å². The van der Waals surface area contributed by atoms with Crippen LogP contribution < -0.4 is 10.1 Å². The van der Waals surface area contributed by atoms with Gasteiger partial charge >= 0.3 is 0 Å². The molecule has 0 aromatic heterocycles. The van der Waals surface area contributed by atoms with Crippen LogP contribution in [0.2, 0.25) is 0 Å². The van der Waals surface area contributed by atoms with Crippen molar-refractivity contribution >= 4 is 21.4 Å². The number of nitrogens with zero attached hydrogens (tertiary/aromatic N) is 1. The lowest BCUT2D eigenvalue weighted by molar-refractivity contribution is 0.102. The van der Waals surface area contributed by atoms with Crippen molar-refractivity contribution in [1.82, 2.24) is 0 Å². The van der Waals surface area contributed by atoms with E-state index in [1.165, 1.54) is 25.3 Å². The Bertz CT molecular complexity index is 944. The number of hydrogen-bond acceptors (Lipinski definition) is 5. The molecule has 6 nitrogen and oxygen atoms in total. The van der Waals surface area contributed by atoms with Gasteiger partial charge in [0.25, 0.3) is 5.91 Å². The van der Waals surface area contributed by atoms with Crippen LogP contribution in [-0.2, 0) is 9.84 Å². The minimum Gasteiger partial charge on any atom is -0.495 e. The zero-order valence-corrected chi connectivity index (χ0v) is 14.9. The molecule has 0 aliphatic carbocycles. The zero-order chi connectivity index (χ0) is 18.6. The summed E-state index contributed by atoms with van der Waals surface area (Å²) >= 11 is 0. The molecule has 7 heteroatoms. The standard InChI is InChI=1S/C18H18N2O4S/c1-12(2)25(22,23)17-7-5-4-6-14(17)18(21)20-15-10-13(11-19)8-9-16(15)24-3/h4-10,12H,1-3H3,(H,20,21). The SMILES string of the molecule is COc1ccc(C#N)cc1NC(=O)c1ccccc1S(=O)(=O)C(C)C. The van der Waals surface area contributed by atoms with Gasteiger partial charge in [-0.3, -0.25) is 4.79 Å². The van der Waals surface area contributed by atoms with E-state index in [4.69, 9.17) is 10.00 Å². The van der Waals surface area contributed by atoms with Gasteiger partial charge in [0.05, 0.1) is 40.1 Å². The van der Waals surface area contributed by atoms with Crippen LogP contribution in [0.25, 0.3) is 0 Å². The maximum Gasteiger partial charge on any atom is 0.257 e. The summed E-state index contributed by atoms with van der Waals surface area (Å²) in [7, 11) is -2.18. The summed E-state index contributed by atoms with van der Waals surface area (Å²) in [4.78, 5) is 12.6. The molecule has 25 heavy (non-hydrogen) atoms. The maximum absolute atomic E-state index is 12.7. The smallest absolute Gasteiger partial charge is 0.257 e. The van der Waals surface area contributed by atoms with Crippen LogP contribution in [0.5, 0.6) is 5.75 Å². The van der Waals surface area contributed by atoms with Gasteiger partial charge < -0.3 is 10.1 Å². The molecule has 0 fully saturated rings. The Morgan fingerprint density at radius 3 is 2.48 bits per heavy atom. The average molecular weight is 358 g/mol. The molecule has 0 saturated carbocycles. The second-order valence-corrected chi connectivity index (χ2v) is 8.04. The van der Waals surface area contributed by atoms with E-state index < -0.39 is 21.0 Å². The van der Waals surface area contributed by atoms with E-state index >= 15 is 0 Å². The molecule has 0 unspecified atom stereocenters. The molecule has 2 aromatic rings. The molecule has 2 rings (SSSR count). The summed E-state index contributed by atoms with van der Waals surface area (Å²) in [6.07, 6.45) is 0. The molecule has 0 atom stereocenters. The van der Waals surface area contributed by atoms with Crippen molar-refractivity contribution < 1.29 is 17.9 Å². The number of rotatable bonds is 5. The quantitative estimate of drug-likeness (QED) is 0.886. The van der Waals surface area contributed by atoms with Crippen molar-refractivity contribution in [1.29, 1.82) is 5.26 Å². The molecule has 1 amide bonds. The van der Waals surface area contributed by atoms with Gasteiger partial charge in [0.1, 0.15) is 5.75 Å². The van der Waals surface area contributed by atoms with Crippen LogP contribution in [0.15, 0.2) is 47.4 Å². The van der Waals surface area contributed by atoms with E-state index in [-0.39, 0.29) is 10.5 Å². The monoisotopic (exact) mass is 358 g/mol. The van der Waals surface area contributed by atoms with Gasteiger partial charge in [-0.2, -0.15) is 5.26 Å². The predicted octanol–water partition coefficient (Wildman–Crippen LogP) is 3.00. The molecular formula is C18H18N2O4S. The van der Waals surface area contributed by atoms with Gasteiger partial charge in [-0.15, -0.1) is 0 Å². The molecule has 0 heterocycles. The first-order valence-electron chi connectivity index (χ1n) is 7.53. The molecule has 0 aliphatic heterocycles. The van der Waals surface area contributed by atoms with E-state index in [1.807, 2.05) is 6.07 Å². The van der Waals surface area contributed by atoms with E-state index in [9.17, 15) is 13.2 Å². The van der Waals surface area contributed by atoms with Crippen LogP contribution >= 0.6 is 0 Å². The highest BCUT2D eigenvalue weighted by Crippen LogP contribution is 2.27. The fourth-order valence-corrected chi connectivity index (χ4v) is 3.46. The van der Waals surface area contributed by atoms with Crippen molar-refractivity contribution in [2.75, 3.05) is 12.4 Å². The Morgan fingerprint density at radius 1 is 1.20 bits per heavy atom. The Morgan fingerprint density at radius 2 is 1.88 bits per heavy atom. The highest BCUT2D eigenvalue weighted by molar-refractivity contribution is 7.92. The lowest BCUT2D eigenvalue weighted by atomic mass is 10.1. The minimum atomic E-state index is -3.62. The zero-order valence-electron chi connectivity index (χ0n) is 14.1. The largest absolute Gasteiger partial charge is 0.495 e. The van der Waals surface area contributed by atoms with Gasteiger partial charge in [-0.1, -0.05) is 12.1 Å². The van der Waals surface area contributed by atoms with E-state index in [0.717, 1.165) is 0 Å². The summed E-state index contributed by atoms with van der Waals surface area (Å²) in [5.41, 5.74) is 0.683. The minimum absolute atomic E-state index is 0.0297. The van der Waals surface area contributed by atoms with Crippen LogP contribution in [-0.4, -0.2) is 26.7 Å². The Labute approximate surface area is 147 Å². The topological polar surface area (TPSA) is 96.3 Å². The van der Waals surface area contributed by atoms with Crippen molar-refractivity contribution in [2.24, 2.45) is 0 Å². The number of carbonyl (C=O) groups excluding carboxylic acids is 1. The van der Waals surface area contributed by atoms with Crippen molar-refractivity contribution in [3.63, 3.8) is 0 Å². The second-order valence-electron chi connectivity index (χ2n) is 5.57. The molecule has 0 saturated heterocycles. The van der Waals surface area contributed by atoms with Gasteiger partial charge in [0.15, 0.2) is 9.84 Å². The van der Waals surface area contributed by atoms with Crippen molar-refractivity contribution in [3.8, 4) is 11.8 Å². The van der Waals surface area contributed by atoms with E-state index in [1.54, 1.807) is 38.1 Å². The first-order valence-corrected chi connectivity index (χ1v) is 9.08.